The van der Waals surface area contributed by atoms with Crippen molar-refractivity contribution in [2.45, 2.75) is 6.54 Å². The molecule has 1 N–H and O–H groups in total. The van der Waals surface area contributed by atoms with Crippen molar-refractivity contribution >= 4 is 17.2 Å². The average Bonchev–Trinajstić information content (AvgIpc) is 3.17. The third-order valence-corrected chi connectivity index (χ3v) is 3.55. The van der Waals surface area contributed by atoms with Gasteiger partial charge < -0.3 is 9.73 Å². The predicted octanol–water partition coefficient (Wildman–Crippen LogP) is 3.33. The van der Waals surface area contributed by atoms with Crippen molar-refractivity contribution in [3.8, 4) is 11.3 Å². The van der Waals surface area contributed by atoms with E-state index in [9.17, 15) is 4.79 Å². The monoisotopic (exact) mass is 284 g/mol. The second kappa shape index (κ2) is 5.71. The second-order valence-electron chi connectivity index (χ2n) is 4.18. The van der Waals surface area contributed by atoms with E-state index in [1.54, 1.807) is 29.7 Å². The molecule has 0 fully saturated rings. The van der Waals surface area contributed by atoms with Gasteiger partial charge in [0.25, 0.3) is 5.91 Å². The van der Waals surface area contributed by atoms with Gasteiger partial charge in [-0.2, -0.15) is 11.3 Å². The summed E-state index contributed by atoms with van der Waals surface area (Å²) in [4.78, 5) is 16.2. The van der Waals surface area contributed by atoms with Gasteiger partial charge in [0.15, 0.2) is 5.76 Å². The number of hydrogen-bond donors (Lipinski definition) is 1. The molecule has 0 bridgehead atoms. The van der Waals surface area contributed by atoms with Gasteiger partial charge in [0, 0.05) is 23.7 Å². The van der Waals surface area contributed by atoms with Crippen LogP contribution >= 0.6 is 11.3 Å². The number of aromatic nitrogens is 1. The number of carbonyl (C=O) groups excluding carboxylic acids is 1. The molecule has 3 aromatic heterocycles. The third kappa shape index (κ3) is 2.62. The molecule has 100 valence electrons. The summed E-state index contributed by atoms with van der Waals surface area (Å²) in [5.74, 6) is 0.0843. The van der Waals surface area contributed by atoms with E-state index in [0.29, 0.717) is 12.3 Å². The first-order valence-electron chi connectivity index (χ1n) is 6.13. The number of rotatable bonds is 4. The molecule has 0 spiro atoms. The van der Waals surface area contributed by atoms with Crippen LogP contribution < -0.4 is 5.32 Å². The number of amides is 1. The van der Waals surface area contributed by atoms with Gasteiger partial charge in [-0.15, -0.1) is 0 Å². The van der Waals surface area contributed by atoms with Crippen LogP contribution in [0.3, 0.4) is 0 Å². The summed E-state index contributed by atoms with van der Waals surface area (Å²) in [5, 5.41) is 6.89. The van der Waals surface area contributed by atoms with Gasteiger partial charge in [0.2, 0.25) is 0 Å². The third-order valence-electron chi connectivity index (χ3n) is 2.87. The summed E-state index contributed by atoms with van der Waals surface area (Å²) < 4.78 is 5.06. The first kappa shape index (κ1) is 12.6. The standard InChI is InChI=1S/C15H12N2O2S/c18-15(13-4-2-7-19-13)17-9-11-3-1-6-16-14(11)12-5-8-20-10-12/h1-8,10H,9H2,(H,17,18). The van der Waals surface area contributed by atoms with E-state index in [1.807, 2.05) is 29.0 Å². The van der Waals surface area contributed by atoms with E-state index in [2.05, 4.69) is 10.3 Å². The maximum absolute atomic E-state index is 11.9. The number of nitrogens with zero attached hydrogens (tertiary/aromatic N) is 1. The molecule has 0 aromatic carbocycles. The largest absolute Gasteiger partial charge is 0.459 e. The van der Waals surface area contributed by atoms with Gasteiger partial charge in [-0.05, 0) is 35.2 Å². The van der Waals surface area contributed by atoms with Gasteiger partial charge >= 0.3 is 0 Å². The highest BCUT2D eigenvalue weighted by molar-refractivity contribution is 7.08. The van der Waals surface area contributed by atoms with Gasteiger partial charge in [-0.25, -0.2) is 0 Å². The van der Waals surface area contributed by atoms with Crippen LogP contribution in [0.25, 0.3) is 11.3 Å². The minimum Gasteiger partial charge on any atom is -0.459 e. The highest BCUT2D eigenvalue weighted by Gasteiger charge is 2.11. The molecule has 0 aliphatic heterocycles. The maximum atomic E-state index is 11.9. The van der Waals surface area contributed by atoms with E-state index >= 15 is 0 Å². The second-order valence-corrected chi connectivity index (χ2v) is 4.96. The fraction of sp³-hybridized carbons (Fsp3) is 0.0667. The van der Waals surface area contributed by atoms with Crippen molar-refractivity contribution in [3.05, 3.63) is 64.9 Å². The topological polar surface area (TPSA) is 55.1 Å². The first-order valence-corrected chi connectivity index (χ1v) is 7.07. The van der Waals surface area contributed by atoms with Gasteiger partial charge in [0.1, 0.15) is 0 Å². The van der Waals surface area contributed by atoms with Gasteiger partial charge in [-0.1, -0.05) is 6.07 Å². The summed E-state index contributed by atoms with van der Waals surface area (Å²) in [6.07, 6.45) is 3.24. The van der Waals surface area contributed by atoms with Crippen molar-refractivity contribution in [2.24, 2.45) is 0 Å². The lowest BCUT2D eigenvalue weighted by molar-refractivity contribution is 0.0923. The Morgan fingerprint density at radius 3 is 3.00 bits per heavy atom. The Kier molecular flexibility index (Phi) is 3.60. The number of nitrogens with one attached hydrogen (secondary N) is 1. The van der Waals surface area contributed by atoms with Crippen LogP contribution in [0.15, 0.2) is 58.0 Å². The highest BCUT2D eigenvalue weighted by atomic mass is 32.1. The Morgan fingerprint density at radius 1 is 1.30 bits per heavy atom. The van der Waals surface area contributed by atoms with E-state index in [1.165, 1.54) is 6.26 Å². The Hall–Kier alpha value is -2.40. The molecule has 3 heterocycles. The minimum absolute atomic E-state index is 0.227. The summed E-state index contributed by atoms with van der Waals surface area (Å²) in [6, 6.07) is 9.17. The van der Waals surface area contributed by atoms with Gasteiger partial charge in [-0.3, -0.25) is 9.78 Å². The van der Waals surface area contributed by atoms with Crippen LogP contribution in [-0.4, -0.2) is 10.9 Å². The van der Waals surface area contributed by atoms with Crippen molar-refractivity contribution in [3.63, 3.8) is 0 Å². The highest BCUT2D eigenvalue weighted by Crippen LogP contribution is 2.23. The molecule has 3 rings (SSSR count). The SMILES string of the molecule is O=C(NCc1cccnc1-c1ccsc1)c1ccco1. The van der Waals surface area contributed by atoms with Crippen molar-refractivity contribution < 1.29 is 9.21 Å². The molecule has 0 aliphatic rings. The molecular weight excluding hydrogens is 272 g/mol. The lowest BCUT2D eigenvalue weighted by atomic mass is 10.1. The zero-order valence-electron chi connectivity index (χ0n) is 10.6. The molecule has 0 unspecified atom stereocenters. The summed E-state index contributed by atoms with van der Waals surface area (Å²) in [5.41, 5.74) is 2.94. The normalized spacial score (nSPS) is 10.4. The minimum atomic E-state index is -0.227. The van der Waals surface area contributed by atoms with Crippen molar-refractivity contribution in [1.29, 1.82) is 0 Å². The number of furan rings is 1. The fourth-order valence-corrected chi connectivity index (χ4v) is 2.55. The maximum Gasteiger partial charge on any atom is 0.287 e. The smallest absolute Gasteiger partial charge is 0.287 e. The van der Waals surface area contributed by atoms with E-state index in [4.69, 9.17) is 4.42 Å². The van der Waals surface area contributed by atoms with Crippen LogP contribution in [0.5, 0.6) is 0 Å². The fourth-order valence-electron chi connectivity index (χ4n) is 1.91. The molecular formula is C15H12N2O2S. The molecule has 0 saturated heterocycles. The van der Waals surface area contributed by atoms with E-state index < -0.39 is 0 Å². The number of pyridine rings is 1. The zero-order valence-corrected chi connectivity index (χ0v) is 11.4. The quantitative estimate of drug-likeness (QED) is 0.799. The molecule has 0 aliphatic carbocycles. The molecule has 0 atom stereocenters. The lowest BCUT2D eigenvalue weighted by Gasteiger charge is -2.08. The van der Waals surface area contributed by atoms with Crippen LogP contribution in [0.4, 0.5) is 0 Å². The van der Waals surface area contributed by atoms with E-state index in [-0.39, 0.29) is 5.91 Å². The molecule has 5 heteroatoms. The van der Waals surface area contributed by atoms with Crippen LogP contribution in [-0.2, 0) is 6.54 Å². The molecule has 0 saturated carbocycles. The molecule has 3 aromatic rings. The number of hydrogen-bond acceptors (Lipinski definition) is 4. The molecule has 0 radical (unpaired) electrons. The molecule has 1 amide bonds. The van der Waals surface area contributed by atoms with Crippen LogP contribution in [0.2, 0.25) is 0 Å². The summed E-state index contributed by atoms with van der Waals surface area (Å²) in [6.45, 7) is 0.415. The van der Waals surface area contributed by atoms with E-state index in [0.717, 1.165) is 16.8 Å². The summed E-state index contributed by atoms with van der Waals surface area (Å²) >= 11 is 1.62. The number of carbonyl (C=O) groups is 1. The lowest BCUT2D eigenvalue weighted by Crippen LogP contribution is -2.22. The summed E-state index contributed by atoms with van der Waals surface area (Å²) in [7, 11) is 0. The van der Waals surface area contributed by atoms with Crippen molar-refractivity contribution in [1.82, 2.24) is 10.3 Å². The number of thiophene rings is 1. The van der Waals surface area contributed by atoms with Crippen molar-refractivity contribution in [2.75, 3.05) is 0 Å². The molecule has 20 heavy (non-hydrogen) atoms. The zero-order chi connectivity index (χ0) is 13.8. The van der Waals surface area contributed by atoms with Crippen LogP contribution in [0.1, 0.15) is 16.1 Å². The predicted molar refractivity (Wildman–Crippen MR) is 77.4 cm³/mol. The Bertz CT molecular complexity index is 691. The van der Waals surface area contributed by atoms with Crippen LogP contribution in [0, 0.1) is 0 Å². The Morgan fingerprint density at radius 2 is 2.25 bits per heavy atom. The average molecular weight is 284 g/mol. The van der Waals surface area contributed by atoms with Gasteiger partial charge in [0.05, 0.1) is 12.0 Å². The Balaban J connectivity index is 1.77. The molecule has 4 nitrogen and oxygen atoms in total. The first-order chi connectivity index (χ1) is 9.84. The Labute approximate surface area is 120 Å².